The van der Waals surface area contributed by atoms with Crippen molar-refractivity contribution in [3.8, 4) is 23.0 Å². The minimum Gasteiger partial charge on any atom is -0.287 e. The second-order valence-electron chi connectivity index (χ2n) is 6.46. The van der Waals surface area contributed by atoms with Crippen molar-refractivity contribution in [3.05, 3.63) is 95.4 Å². The quantitative estimate of drug-likeness (QED) is 0.456. The van der Waals surface area contributed by atoms with Gasteiger partial charge in [-0.15, -0.1) is 5.10 Å². The smallest absolute Gasteiger partial charge is 0.287 e. The Labute approximate surface area is 174 Å². The van der Waals surface area contributed by atoms with E-state index in [0.717, 1.165) is 10.7 Å². The van der Waals surface area contributed by atoms with Crippen LogP contribution < -0.4 is 0 Å². The molecule has 2 aromatic heterocycles. The Morgan fingerprint density at radius 2 is 1.65 bits per heavy atom. The monoisotopic (exact) mass is 419 g/mol. The van der Waals surface area contributed by atoms with E-state index in [1.54, 1.807) is 66.7 Å². The molecule has 0 aliphatic rings. The van der Waals surface area contributed by atoms with Gasteiger partial charge in [-0.1, -0.05) is 65.9 Å². The maximum atomic E-state index is 13.3. The maximum Gasteiger partial charge on any atom is 0.417 e. The normalized spacial score (nSPS) is 11.2. The molecule has 0 fully saturated rings. The molecule has 0 atom stereocenters. The zero-order chi connectivity index (χ0) is 22.0. The van der Waals surface area contributed by atoms with Crippen molar-refractivity contribution in [3.63, 3.8) is 0 Å². The third-order valence-corrected chi connectivity index (χ3v) is 4.50. The predicted octanol–water partition coefficient (Wildman–Crippen LogP) is 4.45. The molecule has 0 amide bonds. The predicted molar refractivity (Wildman–Crippen MR) is 104 cm³/mol. The third-order valence-electron chi connectivity index (χ3n) is 4.50. The number of nitrogens with zero attached hydrogens (tertiary/aromatic N) is 5. The van der Waals surface area contributed by atoms with Crippen LogP contribution in [-0.4, -0.2) is 25.8 Å². The topological polar surface area (TPSA) is 84.5 Å². The zero-order valence-corrected chi connectivity index (χ0v) is 15.7. The lowest BCUT2D eigenvalue weighted by Gasteiger charge is -2.12. The van der Waals surface area contributed by atoms with E-state index in [-0.39, 0.29) is 22.8 Å². The van der Waals surface area contributed by atoms with Gasteiger partial charge < -0.3 is 0 Å². The van der Waals surface area contributed by atoms with Gasteiger partial charge in [0.05, 0.1) is 5.56 Å². The number of carbonyl (C=O) groups excluding carboxylic acids is 1. The van der Waals surface area contributed by atoms with Gasteiger partial charge in [0.1, 0.15) is 17.5 Å². The van der Waals surface area contributed by atoms with Gasteiger partial charge in [0, 0.05) is 17.3 Å². The van der Waals surface area contributed by atoms with Crippen molar-refractivity contribution >= 4 is 5.78 Å². The van der Waals surface area contributed by atoms with E-state index in [1.165, 1.54) is 0 Å². The van der Waals surface area contributed by atoms with Crippen molar-refractivity contribution in [2.45, 2.75) is 6.18 Å². The van der Waals surface area contributed by atoms with Gasteiger partial charge in [0.15, 0.2) is 11.4 Å². The molecular formula is C22H12F3N5O. The van der Waals surface area contributed by atoms with Gasteiger partial charge in [-0.05, 0) is 6.07 Å². The number of ketones is 1. The first-order valence-corrected chi connectivity index (χ1v) is 8.98. The molecule has 31 heavy (non-hydrogen) atoms. The highest BCUT2D eigenvalue weighted by Crippen LogP contribution is 2.33. The number of aromatic nitrogens is 4. The molecule has 152 valence electrons. The van der Waals surface area contributed by atoms with Gasteiger partial charge in [0.25, 0.3) is 0 Å². The van der Waals surface area contributed by atoms with Crippen molar-refractivity contribution in [2.75, 3.05) is 0 Å². The highest BCUT2D eigenvalue weighted by Gasteiger charge is 2.33. The molecule has 0 spiro atoms. The summed E-state index contributed by atoms with van der Waals surface area (Å²) in [6.07, 6.45) is -4.09. The summed E-state index contributed by atoms with van der Waals surface area (Å²) in [7, 11) is 0. The highest BCUT2D eigenvalue weighted by atomic mass is 19.4. The van der Waals surface area contributed by atoms with Gasteiger partial charge in [-0.3, -0.25) is 4.79 Å². The van der Waals surface area contributed by atoms with E-state index in [4.69, 9.17) is 0 Å². The number of benzene rings is 2. The largest absolute Gasteiger partial charge is 0.417 e. The summed E-state index contributed by atoms with van der Waals surface area (Å²) in [5.74, 6) is -0.454. The summed E-state index contributed by atoms with van der Waals surface area (Å²) in [6, 6.07) is 19.4. The van der Waals surface area contributed by atoms with Crippen LogP contribution in [0.4, 0.5) is 13.2 Å². The molecule has 0 saturated heterocycles. The lowest BCUT2D eigenvalue weighted by molar-refractivity contribution is -0.137. The van der Waals surface area contributed by atoms with E-state index in [2.05, 4.69) is 15.3 Å². The minimum atomic E-state index is -4.67. The Kier molecular flexibility index (Phi) is 5.05. The highest BCUT2D eigenvalue weighted by molar-refractivity contribution is 6.11. The summed E-state index contributed by atoms with van der Waals surface area (Å²) in [5.41, 5.74) is -0.621. The van der Waals surface area contributed by atoms with Crippen LogP contribution in [0.1, 0.15) is 27.3 Å². The van der Waals surface area contributed by atoms with Crippen molar-refractivity contribution in [1.82, 2.24) is 20.0 Å². The average molecular weight is 419 g/mol. The maximum absolute atomic E-state index is 13.3. The van der Waals surface area contributed by atoms with E-state index in [0.29, 0.717) is 17.3 Å². The Hall–Kier alpha value is -4.32. The fourth-order valence-electron chi connectivity index (χ4n) is 3.04. The van der Waals surface area contributed by atoms with Crippen LogP contribution in [0, 0.1) is 11.3 Å². The molecule has 0 N–H and O–H groups in total. The molecule has 0 aliphatic heterocycles. The first kappa shape index (κ1) is 20.0. The Morgan fingerprint density at radius 3 is 2.26 bits per heavy atom. The van der Waals surface area contributed by atoms with E-state index in [1.807, 2.05) is 0 Å². The van der Waals surface area contributed by atoms with Crippen LogP contribution in [0.5, 0.6) is 0 Å². The molecule has 0 aliphatic carbocycles. The molecule has 0 unspecified atom stereocenters. The SMILES string of the molecule is N#Cc1ncc(C(F)(F)F)cc1-n1nnc(C(=O)c2ccccc2)c1-c1ccccc1. The van der Waals surface area contributed by atoms with Gasteiger partial charge in [0.2, 0.25) is 5.78 Å². The van der Waals surface area contributed by atoms with Crippen LogP contribution in [0.2, 0.25) is 0 Å². The number of halogens is 3. The zero-order valence-electron chi connectivity index (χ0n) is 15.7. The van der Waals surface area contributed by atoms with Crippen LogP contribution in [0.3, 0.4) is 0 Å². The molecule has 6 nitrogen and oxygen atoms in total. The number of hydrogen-bond donors (Lipinski definition) is 0. The van der Waals surface area contributed by atoms with Gasteiger partial charge >= 0.3 is 6.18 Å². The Bertz CT molecular complexity index is 1290. The van der Waals surface area contributed by atoms with Gasteiger partial charge in [-0.25, -0.2) is 9.67 Å². The summed E-state index contributed by atoms with van der Waals surface area (Å²) >= 11 is 0. The van der Waals surface area contributed by atoms with E-state index in [9.17, 15) is 23.2 Å². The molecule has 4 aromatic rings. The van der Waals surface area contributed by atoms with Gasteiger partial charge in [-0.2, -0.15) is 18.4 Å². The van der Waals surface area contributed by atoms with E-state index < -0.39 is 17.5 Å². The molecule has 0 bridgehead atoms. The van der Waals surface area contributed by atoms with Crippen molar-refractivity contribution < 1.29 is 18.0 Å². The lowest BCUT2D eigenvalue weighted by Crippen LogP contribution is -2.11. The van der Waals surface area contributed by atoms with Crippen molar-refractivity contribution in [1.29, 1.82) is 5.26 Å². The first-order valence-electron chi connectivity index (χ1n) is 8.98. The standard InChI is InChI=1S/C22H12F3N5O/c23-22(24,25)16-11-18(17(12-26)27-13-16)30-20(14-7-3-1-4-8-14)19(28-29-30)21(31)15-9-5-2-6-10-15/h1-11,13H. The number of hydrogen-bond acceptors (Lipinski definition) is 5. The van der Waals surface area contributed by atoms with Crippen LogP contribution in [-0.2, 0) is 6.18 Å². The second kappa shape index (κ2) is 7.84. The molecule has 0 radical (unpaired) electrons. The average Bonchev–Trinajstić information content (AvgIpc) is 3.23. The molecule has 2 heterocycles. The van der Waals surface area contributed by atoms with E-state index >= 15 is 0 Å². The first-order chi connectivity index (χ1) is 14.9. The molecular weight excluding hydrogens is 407 g/mol. The summed E-state index contributed by atoms with van der Waals surface area (Å²) < 4.78 is 40.9. The lowest BCUT2D eigenvalue weighted by atomic mass is 10.0. The number of carbonyl (C=O) groups is 1. The summed E-state index contributed by atoms with van der Waals surface area (Å²) in [6.45, 7) is 0. The number of rotatable bonds is 4. The fourth-order valence-corrected chi connectivity index (χ4v) is 3.04. The van der Waals surface area contributed by atoms with Crippen LogP contribution >= 0.6 is 0 Å². The third kappa shape index (κ3) is 3.79. The fraction of sp³-hybridized carbons (Fsp3) is 0.0455. The van der Waals surface area contributed by atoms with Crippen LogP contribution in [0.25, 0.3) is 16.9 Å². The molecule has 9 heteroatoms. The molecule has 0 saturated carbocycles. The molecule has 2 aromatic carbocycles. The Morgan fingerprint density at radius 1 is 1.00 bits per heavy atom. The minimum absolute atomic E-state index is 0.0568. The second-order valence-corrected chi connectivity index (χ2v) is 6.46. The molecule has 4 rings (SSSR count). The van der Waals surface area contributed by atoms with Crippen LogP contribution in [0.15, 0.2) is 72.9 Å². The van der Waals surface area contributed by atoms with Crippen molar-refractivity contribution in [2.24, 2.45) is 0 Å². The summed E-state index contributed by atoms with van der Waals surface area (Å²) in [5, 5.41) is 17.3. The Balaban J connectivity index is 1.98. The number of nitriles is 1. The number of pyridine rings is 1. The summed E-state index contributed by atoms with van der Waals surface area (Å²) in [4.78, 5) is 16.7. The number of alkyl halides is 3.